The maximum atomic E-state index is 4.17. The lowest BCUT2D eigenvalue weighted by molar-refractivity contribution is 0.666. The summed E-state index contributed by atoms with van der Waals surface area (Å²) >= 11 is 0. The van der Waals surface area contributed by atoms with E-state index in [2.05, 4.69) is 89.2 Å². The molecule has 0 amide bonds. The van der Waals surface area contributed by atoms with Gasteiger partial charge in [0, 0.05) is 24.3 Å². The van der Waals surface area contributed by atoms with Gasteiger partial charge in [-0.2, -0.15) is 0 Å². The minimum atomic E-state index is 0.545. The molecule has 0 saturated carbocycles. The average Bonchev–Trinajstić information content (AvgIpc) is 3.28. The molecule has 2 bridgehead atoms. The van der Waals surface area contributed by atoms with Crippen LogP contribution in [0.3, 0.4) is 0 Å². The van der Waals surface area contributed by atoms with Crippen LogP contribution >= 0.6 is 0 Å². The quantitative estimate of drug-likeness (QED) is 0.450. The van der Waals surface area contributed by atoms with Crippen LogP contribution in [0.2, 0.25) is 0 Å². The topological polar surface area (TPSA) is 24.9 Å². The number of nitrogens with one attached hydrogen (secondary N) is 1. The van der Waals surface area contributed by atoms with Crippen molar-refractivity contribution in [1.82, 2.24) is 10.3 Å². The molecule has 1 atom stereocenters. The smallest absolute Gasteiger partial charge is 0.0270 e. The average molecular weight is 443 g/mol. The van der Waals surface area contributed by atoms with Crippen LogP contribution in [0.1, 0.15) is 53.0 Å². The Morgan fingerprint density at radius 2 is 1.74 bits per heavy atom. The molecule has 1 unspecified atom stereocenters. The van der Waals surface area contributed by atoms with Gasteiger partial charge in [0.1, 0.15) is 0 Å². The number of hydrogen-bond donors (Lipinski definition) is 1. The summed E-state index contributed by atoms with van der Waals surface area (Å²) in [5.41, 5.74) is 13.1. The first-order valence-corrected chi connectivity index (χ1v) is 12.5. The Morgan fingerprint density at radius 3 is 2.62 bits per heavy atom. The predicted octanol–water partition coefficient (Wildman–Crippen LogP) is 7.30. The molecule has 0 fully saturated rings. The second-order valence-corrected chi connectivity index (χ2v) is 9.56. The van der Waals surface area contributed by atoms with E-state index in [0.717, 1.165) is 12.8 Å². The van der Waals surface area contributed by atoms with Gasteiger partial charge in [0.05, 0.1) is 0 Å². The molecule has 2 aromatic carbocycles. The van der Waals surface area contributed by atoms with Crippen molar-refractivity contribution in [2.24, 2.45) is 0 Å². The molecule has 8 rings (SSSR count). The zero-order valence-corrected chi connectivity index (χ0v) is 19.5. The fraction of sp³-hybridized carbons (Fsp3) is 0.219. The molecule has 2 aliphatic heterocycles. The van der Waals surface area contributed by atoms with Gasteiger partial charge in [-0.25, -0.2) is 0 Å². The Bertz CT molecular complexity index is 1320. The van der Waals surface area contributed by atoms with Crippen LogP contribution in [0.25, 0.3) is 17.2 Å². The van der Waals surface area contributed by atoms with Crippen molar-refractivity contribution in [3.05, 3.63) is 131 Å². The van der Waals surface area contributed by atoms with Gasteiger partial charge in [-0.3, -0.25) is 4.98 Å². The van der Waals surface area contributed by atoms with Crippen molar-refractivity contribution in [3.63, 3.8) is 0 Å². The van der Waals surface area contributed by atoms with Gasteiger partial charge in [0.25, 0.3) is 0 Å². The third-order valence-corrected chi connectivity index (χ3v) is 7.45. The molecule has 1 aromatic heterocycles. The summed E-state index contributed by atoms with van der Waals surface area (Å²) in [7, 11) is 0. The molecular weight excluding hydrogens is 412 g/mol. The van der Waals surface area contributed by atoms with Crippen LogP contribution < -0.4 is 5.32 Å². The second-order valence-electron chi connectivity index (χ2n) is 9.56. The fourth-order valence-electron chi connectivity index (χ4n) is 5.69. The first kappa shape index (κ1) is 20.9. The van der Waals surface area contributed by atoms with Gasteiger partial charge in [-0.15, -0.1) is 0 Å². The molecule has 5 aliphatic rings. The molecule has 3 heterocycles. The van der Waals surface area contributed by atoms with Gasteiger partial charge >= 0.3 is 0 Å². The Kier molecular flexibility index (Phi) is 5.73. The maximum absolute atomic E-state index is 4.17. The van der Waals surface area contributed by atoms with Crippen molar-refractivity contribution in [1.29, 1.82) is 0 Å². The number of rotatable bonds is 2. The van der Waals surface area contributed by atoms with Crippen LogP contribution in [0.15, 0.2) is 103 Å². The molecule has 0 radical (unpaired) electrons. The Balaban J connectivity index is 0.000000202. The zero-order chi connectivity index (χ0) is 22.7. The third-order valence-electron chi connectivity index (χ3n) is 7.45. The van der Waals surface area contributed by atoms with Gasteiger partial charge in [-0.1, -0.05) is 54.6 Å². The lowest BCUT2D eigenvalue weighted by Crippen LogP contribution is -2.16. The minimum Gasteiger partial charge on any atom is -0.365 e. The highest BCUT2D eigenvalue weighted by Crippen LogP contribution is 2.44. The van der Waals surface area contributed by atoms with E-state index in [0.29, 0.717) is 5.92 Å². The van der Waals surface area contributed by atoms with Crippen molar-refractivity contribution in [3.8, 4) is 11.1 Å². The lowest BCUT2D eigenvalue weighted by Gasteiger charge is -2.31. The number of pyridine rings is 1. The molecule has 2 heteroatoms. The number of hydrogen-bond acceptors (Lipinski definition) is 2. The van der Waals surface area contributed by atoms with E-state index < -0.39 is 0 Å². The highest BCUT2D eigenvalue weighted by atomic mass is 14.9. The van der Waals surface area contributed by atoms with Gasteiger partial charge in [0.2, 0.25) is 0 Å². The summed E-state index contributed by atoms with van der Waals surface area (Å²) in [5.74, 6) is 0.545. The minimum absolute atomic E-state index is 0.545. The SMILES string of the molecule is C1=CC2=CC=C(CC2)N1.C1=Cc2ccc3c(c2CC1)CC(Cc1ccncc1)c1ccccc1-3. The van der Waals surface area contributed by atoms with Crippen LogP contribution in [0, 0.1) is 0 Å². The number of fused-ring (bicyclic) bond motifs is 8. The number of aromatic nitrogens is 1. The molecular formula is C32H30N2. The van der Waals surface area contributed by atoms with Crippen LogP contribution in [0.4, 0.5) is 0 Å². The molecule has 2 nitrogen and oxygen atoms in total. The summed E-state index contributed by atoms with van der Waals surface area (Å²) in [6.07, 6.45) is 23.9. The Morgan fingerprint density at radius 1 is 0.824 bits per heavy atom. The first-order valence-electron chi connectivity index (χ1n) is 12.5. The standard InChI is InChI=1S/C24H21N.C8H9N/c1-2-6-20-18(5-1)9-10-23-22-8-4-3-7-21(22)19(16-24(20)23)15-17-11-13-25-14-12-17;1-3-8-4-2-7(1)5-6-9-8/h1,3-5,7-14,19H,2,6,15-16H2;1,3,5-6,9H,2,4H2. The van der Waals surface area contributed by atoms with E-state index in [1.54, 1.807) is 11.1 Å². The first-order chi connectivity index (χ1) is 16.8. The molecule has 168 valence electrons. The number of allylic oxidation sites excluding steroid dienone is 6. The van der Waals surface area contributed by atoms with E-state index >= 15 is 0 Å². The highest BCUT2D eigenvalue weighted by molar-refractivity contribution is 5.78. The number of benzene rings is 2. The summed E-state index contributed by atoms with van der Waals surface area (Å²) in [6, 6.07) is 17.9. The summed E-state index contributed by atoms with van der Waals surface area (Å²) in [6.45, 7) is 0. The summed E-state index contributed by atoms with van der Waals surface area (Å²) in [4.78, 5) is 4.17. The van der Waals surface area contributed by atoms with Gasteiger partial charge < -0.3 is 5.32 Å². The van der Waals surface area contributed by atoms with Crippen LogP contribution in [0.5, 0.6) is 0 Å². The fourth-order valence-corrected chi connectivity index (χ4v) is 5.69. The number of nitrogens with zero attached hydrogens (tertiary/aromatic N) is 1. The predicted molar refractivity (Wildman–Crippen MR) is 141 cm³/mol. The molecule has 34 heavy (non-hydrogen) atoms. The Hall–Kier alpha value is -3.65. The van der Waals surface area contributed by atoms with Crippen LogP contribution in [-0.4, -0.2) is 4.98 Å². The van der Waals surface area contributed by atoms with Crippen molar-refractivity contribution < 1.29 is 0 Å². The second kappa shape index (κ2) is 9.30. The highest BCUT2D eigenvalue weighted by Gasteiger charge is 2.27. The van der Waals surface area contributed by atoms with Crippen molar-refractivity contribution in [2.75, 3.05) is 0 Å². The molecule has 0 saturated heterocycles. The molecule has 1 N–H and O–H groups in total. The normalized spacial score (nSPS) is 18.8. The summed E-state index contributed by atoms with van der Waals surface area (Å²) in [5, 5.41) is 3.20. The molecule has 3 aliphatic carbocycles. The van der Waals surface area contributed by atoms with E-state index in [1.807, 2.05) is 18.6 Å². The Labute approximate surface area is 202 Å². The third kappa shape index (κ3) is 4.17. The van der Waals surface area contributed by atoms with Crippen molar-refractivity contribution in [2.45, 2.75) is 44.4 Å². The maximum Gasteiger partial charge on any atom is 0.0270 e. The van der Waals surface area contributed by atoms with Crippen LogP contribution in [-0.2, 0) is 19.3 Å². The monoisotopic (exact) mass is 442 g/mol. The van der Waals surface area contributed by atoms with Gasteiger partial charge in [-0.05, 0) is 113 Å². The summed E-state index contributed by atoms with van der Waals surface area (Å²) < 4.78 is 0. The van der Waals surface area contributed by atoms with Gasteiger partial charge in [0.15, 0.2) is 0 Å². The van der Waals surface area contributed by atoms with E-state index in [4.69, 9.17) is 0 Å². The van der Waals surface area contributed by atoms with E-state index in [9.17, 15) is 0 Å². The largest absolute Gasteiger partial charge is 0.365 e. The van der Waals surface area contributed by atoms with E-state index in [-0.39, 0.29) is 0 Å². The zero-order valence-electron chi connectivity index (χ0n) is 19.5. The molecule has 3 aromatic rings. The van der Waals surface area contributed by atoms with E-state index in [1.165, 1.54) is 64.8 Å². The van der Waals surface area contributed by atoms with Crippen molar-refractivity contribution >= 4 is 6.08 Å². The lowest BCUT2D eigenvalue weighted by atomic mass is 9.73. The molecule has 0 spiro atoms.